The average Bonchev–Trinajstić information content (AvgIpc) is 3.16. The zero-order valence-electron chi connectivity index (χ0n) is 16.0. The SMILES string of the molecule is CN(CCc1ccncc1)c1cc(NCCc2c[nH]c3ccccc23)ncn1. The number of likely N-dealkylation sites (N-methyl/N-ethyl adjacent to an activating group) is 1. The number of fused-ring (bicyclic) bond motifs is 1. The number of rotatable bonds is 8. The number of pyridine rings is 1. The van der Waals surface area contributed by atoms with E-state index in [1.807, 2.05) is 30.6 Å². The van der Waals surface area contributed by atoms with Crippen LogP contribution >= 0.6 is 0 Å². The lowest BCUT2D eigenvalue weighted by Gasteiger charge is -2.18. The molecule has 0 bridgehead atoms. The van der Waals surface area contributed by atoms with Crippen molar-refractivity contribution in [2.45, 2.75) is 12.8 Å². The van der Waals surface area contributed by atoms with Gasteiger partial charge in [0.25, 0.3) is 0 Å². The van der Waals surface area contributed by atoms with E-state index >= 15 is 0 Å². The summed E-state index contributed by atoms with van der Waals surface area (Å²) in [6, 6.07) is 14.5. The van der Waals surface area contributed by atoms with Crippen molar-refractivity contribution in [3.63, 3.8) is 0 Å². The standard InChI is InChI=1S/C22H24N6/c1-28(13-9-17-6-10-23-11-7-17)22-14-21(26-16-27-22)24-12-8-18-15-25-20-5-3-2-4-19(18)20/h2-7,10-11,14-16,25H,8-9,12-13H2,1H3,(H,24,26,27). The molecule has 0 saturated heterocycles. The third-order valence-corrected chi connectivity index (χ3v) is 4.90. The number of hydrogen-bond donors (Lipinski definition) is 2. The van der Waals surface area contributed by atoms with Crippen LogP contribution < -0.4 is 10.2 Å². The number of para-hydroxylation sites is 1. The van der Waals surface area contributed by atoms with E-state index in [9.17, 15) is 0 Å². The van der Waals surface area contributed by atoms with Gasteiger partial charge in [0.2, 0.25) is 0 Å². The maximum atomic E-state index is 4.41. The Labute approximate surface area is 164 Å². The average molecular weight is 372 g/mol. The van der Waals surface area contributed by atoms with Crippen LogP contribution in [0.5, 0.6) is 0 Å². The summed E-state index contributed by atoms with van der Waals surface area (Å²) in [6.07, 6.45) is 9.25. The van der Waals surface area contributed by atoms with Crippen LogP contribution in [0.15, 0.2) is 67.4 Å². The first-order valence-corrected chi connectivity index (χ1v) is 9.50. The summed E-state index contributed by atoms with van der Waals surface area (Å²) in [6.45, 7) is 1.70. The van der Waals surface area contributed by atoms with Crippen molar-refractivity contribution < 1.29 is 0 Å². The largest absolute Gasteiger partial charge is 0.370 e. The molecule has 6 heteroatoms. The Kier molecular flexibility index (Phi) is 5.47. The normalized spacial score (nSPS) is 10.9. The van der Waals surface area contributed by atoms with E-state index in [0.29, 0.717) is 0 Å². The first-order chi connectivity index (χ1) is 13.8. The molecule has 1 aromatic carbocycles. The molecule has 28 heavy (non-hydrogen) atoms. The van der Waals surface area contributed by atoms with Crippen LogP contribution in [0.3, 0.4) is 0 Å². The van der Waals surface area contributed by atoms with Crippen molar-refractivity contribution in [1.82, 2.24) is 19.9 Å². The molecule has 0 unspecified atom stereocenters. The number of nitrogens with one attached hydrogen (secondary N) is 2. The minimum atomic E-state index is 0.818. The van der Waals surface area contributed by atoms with Gasteiger partial charge in [-0.05, 0) is 42.2 Å². The number of H-pyrrole nitrogens is 1. The van der Waals surface area contributed by atoms with Gasteiger partial charge in [-0.25, -0.2) is 9.97 Å². The second-order valence-electron chi connectivity index (χ2n) is 6.82. The number of aromatic amines is 1. The van der Waals surface area contributed by atoms with Gasteiger partial charge < -0.3 is 15.2 Å². The lowest BCUT2D eigenvalue weighted by atomic mass is 10.1. The van der Waals surface area contributed by atoms with E-state index in [1.165, 1.54) is 22.0 Å². The zero-order valence-corrected chi connectivity index (χ0v) is 16.0. The van der Waals surface area contributed by atoms with Crippen LogP contribution in [-0.2, 0) is 12.8 Å². The van der Waals surface area contributed by atoms with Crippen LogP contribution in [0.25, 0.3) is 10.9 Å². The van der Waals surface area contributed by atoms with Crippen molar-refractivity contribution in [3.8, 4) is 0 Å². The van der Waals surface area contributed by atoms with Crippen LogP contribution in [0, 0.1) is 0 Å². The first kappa shape index (κ1) is 18.0. The van der Waals surface area contributed by atoms with E-state index in [-0.39, 0.29) is 0 Å². The highest BCUT2D eigenvalue weighted by Gasteiger charge is 2.06. The Hall–Kier alpha value is -3.41. The minimum Gasteiger partial charge on any atom is -0.370 e. The fourth-order valence-corrected chi connectivity index (χ4v) is 3.28. The second-order valence-corrected chi connectivity index (χ2v) is 6.82. The Balaban J connectivity index is 1.33. The zero-order chi connectivity index (χ0) is 19.2. The van der Waals surface area contributed by atoms with Crippen molar-refractivity contribution in [1.29, 1.82) is 0 Å². The summed E-state index contributed by atoms with van der Waals surface area (Å²) >= 11 is 0. The van der Waals surface area contributed by atoms with E-state index in [2.05, 4.69) is 67.7 Å². The van der Waals surface area contributed by atoms with Crippen molar-refractivity contribution in [2.75, 3.05) is 30.4 Å². The van der Waals surface area contributed by atoms with Crippen molar-refractivity contribution in [2.24, 2.45) is 0 Å². The summed E-state index contributed by atoms with van der Waals surface area (Å²) in [5.41, 5.74) is 3.76. The predicted octanol–water partition coefficient (Wildman–Crippen LogP) is 3.69. The molecule has 0 aliphatic heterocycles. The summed E-state index contributed by atoms with van der Waals surface area (Å²) in [7, 11) is 2.05. The van der Waals surface area contributed by atoms with Gasteiger partial charge in [0.1, 0.15) is 18.0 Å². The van der Waals surface area contributed by atoms with Gasteiger partial charge in [-0.3, -0.25) is 4.98 Å². The van der Waals surface area contributed by atoms with Crippen molar-refractivity contribution in [3.05, 3.63) is 78.5 Å². The highest BCUT2D eigenvalue weighted by molar-refractivity contribution is 5.83. The molecule has 3 aromatic heterocycles. The fourth-order valence-electron chi connectivity index (χ4n) is 3.28. The number of hydrogen-bond acceptors (Lipinski definition) is 5. The first-order valence-electron chi connectivity index (χ1n) is 9.50. The fraction of sp³-hybridized carbons (Fsp3) is 0.227. The number of anilines is 2. The van der Waals surface area contributed by atoms with Gasteiger partial charge in [0.05, 0.1) is 0 Å². The van der Waals surface area contributed by atoms with Crippen LogP contribution in [0.2, 0.25) is 0 Å². The van der Waals surface area contributed by atoms with Crippen LogP contribution in [-0.4, -0.2) is 40.1 Å². The van der Waals surface area contributed by atoms with E-state index in [0.717, 1.165) is 37.6 Å². The van der Waals surface area contributed by atoms with Crippen LogP contribution in [0.1, 0.15) is 11.1 Å². The molecule has 3 heterocycles. The monoisotopic (exact) mass is 372 g/mol. The Morgan fingerprint density at radius 3 is 2.79 bits per heavy atom. The number of aromatic nitrogens is 4. The molecular formula is C22H24N6. The topological polar surface area (TPSA) is 69.7 Å². The molecule has 2 N–H and O–H groups in total. The smallest absolute Gasteiger partial charge is 0.133 e. The summed E-state index contributed by atoms with van der Waals surface area (Å²) in [5.74, 6) is 1.76. The number of nitrogens with zero attached hydrogens (tertiary/aromatic N) is 4. The summed E-state index contributed by atoms with van der Waals surface area (Å²) < 4.78 is 0. The molecule has 4 rings (SSSR count). The minimum absolute atomic E-state index is 0.818. The van der Waals surface area contributed by atoms with Gasteiger partial charge in [0.15, 0.2) is 0 Å². The van der Waals surface area contributed by atoms with E-state index < -0.39 is 0 Å². The molecule has 0 aliphatic carbocycles. The van der Waals surface area contributed by atoms with Gasteiger partial charge >= 0.3 is 0 Å². The Bertz CT molecular complexity index is 1030. The molecule has 0 fully saturated rings. The molecule has 4 aromatic rings. The van der Waals surface area contributed by atoms with Gasteiger partial charge in [0, 0.05) is 55.7 Å². The van der Waals surface area contributed by atoms with Crippen molar-refractivity contribution >= 4 is 22.5 Å². The molecule has 6 nitrogen and oxygen atoms in total. The second kappa shape index (κ2) is 8.52. The maximum absolute atomic E-state index is 4.41. The summed E-state index contributed by atoms with van der Waals surface area (Å²) in [5, 5.41) is 4.70. The molecule has 0 aliphatic rings. The molecular weight excluding hydrogens is 348 g/mol. The van der Waals surface area contributed by atoms with E-state index in [4.69, 9.17) is 0 Å². The predicted molar refractivity (Wildman–Crippen MR) is 114 cm³/mol. The highest BCUT2D eigenvalue weighted by Crippen LogP contribution is 2.18. The van der Waals surface area contributed by atoms with Crippen LogP contribution in [0.4, 0.5) is 11.6 Å². The molecule has 0 atom stereocenters. The summed E-state index contributed by atoms with van der Waals surface area (Å²) in [4.78, 5) is 18.3. The van der Waals surface area contributed by atoms with Gasteiger partial charge in [-0.15, -0.1) is 0 Å². The molecule has 0 amide bonds. The Morgan fingerprint density at radius 1 is 1.04 bits per heavy atom. The number of benzene rings is 1. The molecule has 0 spiro atoms. The van der Waals surface area contributed by atoms with Gasteiger partial charge in [-0.1, -0.05) is 18.2 Å². The third-order valence-electron chi connectivity index (χ3n) is 4.90. The highest BCUT2D eigenvalue weighted by atomic mass is 15.2. The molecule has 0 radical (unpaired) electrons. The molecule has 0 saturated carbocycles. The molecule has 142 valence electrons. The lowest BCUT2D eigenvalue weighted by Crippen LogP contribution is -2.21. The quantitative estimate of drug-likeness (QED) is 0.494. The third kappa shape index (κ3) is 4.28. The maximum Gasteiger partial charge on any atom is 0.133 e. The van der Waals surface area contributed by atoms with Gasteiger partial charge in [-0.2, -0.15) is 0 Å². The Morgan fingerprint density at radius 2 is 1.89 bits per heavy atom. The van der Waals surface area contributed by atoms with E-state index in [1.54, 1.807) is 6.33 Å². The lowest BCUT2D eigenvalue weighted by molar-refractivity contribution is 0.853.